The van der Waals surface area contributed by atoms with Crippen molar-refractivity contribution in [1.29, 1.82) is 0 Å². The SMILES string of the molecule is CCC(C)CC1=CC=C(CCCCCC2=CCCC3CC(c4ccccc4)=CCC=C3O2)CC1. The molecule has 1 heteroatoms. The van der Waals surface area contributed by atoms with E-state index in [1.54, 1.807) is 11.1 Å². The molecule has 0 fully saturated rings. The zero-order chi connectivity index (χ0) is 23.6. The van der Waals surface area contributed by atoms with Crippen molar-refractivity contribution < 1.29 is 4.74 Å². The molecule has 0 saturated carbocycles. The first-order valence-electron chi connectivity index (χ1n) is 13.9. The van der Waals surface area contributed by atoms with Gasteiger partial charge >= 0.3 is 0 Å². The molecular formula is C33H44O. The third kappa shape index (κ3) is 7.36. The molecule has 0 N–H and O–H groups in total. The summed E-state index contributed by atoms with van der Waals surface area (Å²) in [5, 5.41) is 0. The maximum absolute atomic E-state index is 6.50. The molecule has 0 bridgehead atoms. The molecule has 0 amide bonds. The highest BCUT2D eigenvalue weighted by Crippen LogP contribution is 2.37. The van der Waals surface area contributed by atoms with Gasteiger partial charge in [-0.1, -0.05) is 86.4 Å². The molecule has 182 valence electrons. The van der Waals surface area contributed by atoms with Crippen LogP contribution in [0.25, 0.3) is 5.57 Å². The van der Waals surface area contributed by atoms with Crippen LogP contribution in [0.1, 0.15) is 103 Å². The largest absolute Gasteiger partial charge is 0.466 e. The van der Waals surface area contributed by atoms with E-state index in [1.807, 2.05) is 0 Å². The Morgan fingerprint density at radius 1 is 0.912 bits per heavy atom. The van der Waals surface area contributed by atoms with E-state index >= 15 is 0 Å². The fourth-order valence-corrected chi connectivity index (χ4v) is 5.50. The maximum atomic E-state index is 6.50. The normalized spacial score (nSPS) is 21.5. The van der Waals surface area contributed by atoms with E-state index in [1.165, 1.54) is 80.4 Å². The van der Waals surface area contributed by atoms with Crippen molar-refractivity contribution in [2.45, 2.75) is 97.3 Å². The quantitative estimate of drug-likeness (QED) is 0.318. The van der Waals surface area contributed by atoms with Gasteiger partial charge in [-0.2, -0.15) is 0 Å². The molecule has 0 aromatic heterocycles. The average molecular weight is 457 g/mol. The van der Waals surface area contributed by atoms with Crippen molar-refractivity contribution in [3.8, 4) is 0 Å². The molecule has 3 aliphatic rings. The Morgan fingerprint density at radius 2 is 1.71 bits per heavy atom. The molecule has 2 atom stereocenters. The van der Waals surface area contributed by atoms with Gasteiger partial charge in [0.1, 0.15) is 5.76 Å². The van der Waals surface area contributed by atoms with E-state index in [0.29, 0.717) is 5.92 Å². The second kappa shape index (κ2) is 13.0. The van der Waals surface area contributed by atoms with Crippen molar-refractivity contribution in [2.24, 2.45) is 11.8 Å². The molecule has 1 aliphatic heterocycles. The molecule has 1 nitrogen and oxygen atoms in total. The van der Waals surface area contributed by atoms with Crippen molar-refractivity contribution in [3.05, 3.63) is 88.9 Å². The predicted molar refractivity (Wildman–Crippen MR) is 146 cm³/mol. The average Bonchev–Trinajstić information content (AvgIpc) is 3.18. The van der Waals surface area contributed by atoms with Crippen LogP contribution in [-0.2, 0) is 4.74 Å². The van der Waals surface area contributed by atoms with Crippen LogP contribution in [0, 0.1) is 11.8 Å². The van der Waals surface area contributed by atoms with E-state index in [0.717, 1.165) is 31.6 Å². The topological polar surface area (TPSA) is 9.23 Å². The lowest BCUT2D eigenvalue weighted by atomic mass is 9.89. The van der Waals surface area contributed by atoms with Gasteiger partial charge in [0, 0.05) is 12.3 Å². The highest BCUT2D eigenvalue weighted by molar-refractivity contribution is 5.66. The Labute approximate surface area is 208 Å². The summed E-state index contributed by atoms with van der Waals surface area (Å²) in [6.07, 6.45) is 27.7. The first kappa shape index (κ1) is 24.8. The summed E-state index contributed by atoms with van der Waals surface area (Å²) in [5.41, 5.74) is 6.16. The molecule has 0 spiro atoms. The van der Waals surface area contributed by atoms with E-state index in [9.17, 15) is 0 Å². The molecule has 1 aromatic rings. The lowest BCUT2D eigenvalue weighted by Crippen LogP contribution is -2.06. The number of benzene rings is 1. The van der Waals surface area contributed by atoms with Crippen molar-refractivity contribution >= 4 is 5.57 Å². The summed E-state index contributed by atoms with van der Waals surface area (Å²) in [5.74, 6) is 3.77. The summed E-state index contributed by atoms with van der Waals surface area (Å²) >= 11 is 0. The number of hydrogen-bond acceptors (Lipinski definition) is 1. The van der Waals surface area contributed by atoms with Crippen LogP contribution in [-0.4, -0.2) is 0 Å². The molecular weight excluding hydrogens is 412 g/mol. The summed E-state index contributed by atoms with van der Waals surface area (Å²) < 4.78 is 6.50. The van der Waals surface area contributed by atoms with Gasteiger partial charge in [0.05, 0.1) is 5.76 Å². The number of allylic oxidation sites excluding steroid dienone is 10. The third-order valence-corrected chi connectivity index (χ3v) is 7.88. The molecule has 2 aliphatic carbocycles. The zero-order valence-corrected chi connectivity index (χ0v) is 21.5. The van der Waals surface area contributed by atoms with E-state index in [2.05, 4.69) is 74.6 Å². The van der Waals surface area contributed by atoms with Gasteiger partial charge in [-0.15, -0.1) is 0 Å². The van der Waals surface area contributed by atoms with Gasteiger partial charge in [0.15, 0.2) is 0 Å². The van der Waals surface area contributed by atoms with Gasteiger partial charge in [-0.05, 0) is 93.4 Å². The van der Waals surface area contributed by atoms with Crippen LogP contribution in [0.5, 0.6) is 0 Å². The van der Waals surface area contributed by atoms with Gasteiger partial charge in [-0.3, -0.25) is 0 Å². The van der Waals surface area contributed by atoms with Crippen LogP contribution in [0.4, 0.5) is 0 Å². The molecule has 0 radical (unpaired) electrons. The number of rotatable bonds is 10. The van der Waals surface area contributed by atoms with E-state index in [-0.39, 0.29) is 0 Å². The van der Waals surface area contributed by atoms with E-state index < -0.39 is 0 Å². The van der Waals surface area contributed by atoms with Crippen LogP contribution in [0.3, 0.4) is 0 Å². The van der Waals surface area contributed by atoms with Crippen LogP contribution in [0.15, 0.2) is 83.4 Å². The van der Waals surface area contributed by atoms with Gasteiger partial charge in [0.2, 0.25) is 0 Å². The molecule has 0 saturated heterocycles. The van der Waals surface area contributed by atoms with Crippen LogP contribution in [0.2, 0.25) is 0 Å². The third-order valence-electron chi connectivity index (χ3n) is 7.88. The van der Waals surface area contributed by atoms with Gasteiger partial charge < -0.3 is 4.74 Å². The molecule has 1 heterocycles. The maximum Gasteiger partial charge on any atom is 0.103 e. The Bertz CT molecular complexity index is 940. The minimum atomic E-state index is 0.513. The standard InChI is InChI=1S/C33H44O/c1-3-26(2)24-28-22-20-27(21-23-28)12-6-4-9-17-32-18-10-16-31-25-30(15-11-19-33(31)34-32)29-13-7-5-8-14-29/h5,7-8,13-15,18-20,22,26,31H,3-4,6,9-12,16-17,21,23-25H2,1-2H3. The van der Waals surface area contributed by atoms with Crippen LogP contribution >= 0.6 is 0 Å². The van der Waals surface area contributed by atoms with Gasteiger partial charge in [0.25, 0.3) is 0 Å². The summed E-state index contributed by atoms with van der Waals surface area (Å²) in [4.78, 5) is 0. The Morgan fingerprint density at radius 3 is 2.50 bits per heavy atom. The molecule has 34 heavy (non-hydrogen) atoms. The lowest BCUT2D eigenvalue weighted by molar-refractivity contribution is 0.246. The van der Waals surface area contributed by atoms with Gasteiger partial charge in [-0.25, -0.2) is 0 Å². The summed E-state index contributed by atoms with van der Waals surface area (Å²) in [6, 6.07) is 10.9. The van der Waals surface area contributed by atoms with Crippen molar-refractivity contribution in [2.75, 3.05) is 0 Å². The monoisotopic (exact) mass is 456 g/mol. The molecule has 2 unspecified atom stereocenters. The smallest absolute Gasteiger partial charge is 0.103 e. The number of ether oxygens (including phenoxy) is 1. The van der Waals surface area contributed by atoms with Crippen molar-refractivity contribution in [3.63, 3.8) is 0 Å². The summed E-state index contributed by atoms with van der Waals surface area (Å²) in [7, 11) is 0. The second-order valence-corrected chi connectivity index (χ2v) is 10.6. The number of unbranched alkanes of at least 4 members (excludes halogenated alkanes) is 2. The first-order chi connectivity index (χ1) is 16.7. The first-order valence-corrected chi connectivity index (χ1v) is 13.9. The number of fused-ring (bicyclic) bond motifs is 1. The highest BCUT2D eigenvalue weighted by atomic mass is 16.5. The fraction of sp³-hybridized carbons (Fsp3) is 0.515. The lowest BCUT2D eigenvalue weighted by Gasteiger charge is -2.19. The minimum Gasteiger partial charge on any atom is -0.466 e. The minimum absolute atomic E-state index is 0.513. The Balaban J connectivity index is 1.18. The van der Waals surface area contributed by atoms with E-state index in [4.69, 9.17) is 4.74 Å². The highest BCUT2D eigenvalue weighted by Gasteiger charge is 2.23. The number of hydrogen-bond donors (Lipinski definition) is 0. The summed E-state index contributed by atoms with van der Waals surface area (Å²) in [6.45, 7) is 4.68. The Hall–Kier alpha value is -2.28. The Kier molecular flexibility index (Phi) is 9.48. The zero-order valence-electron chi connectivity index (χ0n) is 21.5. The molecule has 1 aromatic carbocycles. The van der Waals surface area contributed by atoms with Crippen LogP contribution < -0.4 is 0 Å². The second-order valence-electron chi connectivity index (χ2n) is 10.6. The van der Waals surface area contributed by atoms with Crippen molar-refractivity contribution in [1.82, 2.24) is 0 Å². The fourth-order valence-electron chi connectivity index (χ4n) is 5.50. The molecule has 4 rings (SSSR count). The predicted octanol–water partition coefficient (Wildman–Crippen LogP) is 10.1.